The van der Waals surface area contributed by atoms with Crippen molar-refractivity contribution in [1.82, 2.24) is 20.1 Å². The highest BCUT2D eigenvalue weighted by Crippen LogP contribution is 2.30. The van der Waals surface area contributed by atoms with Crippen LogP contribution in [0.15, 0.2) is 47.4 Å². The predicted molar refractivity (Wildman–Crippen MR) is 141 cm³/mol. The minimum atomic E-state index is -0.162. The molecule has 6 rings (SSSR count). The number of anilines is 1. The number of aromatic nitrogens is 3. The van der Waals surface area contributed by atoms with Crippen LogP contribution in [0.2, 0.25) is 0 Å². The second kappa shape index (κ2) is 9.43. The molecule has 0 atom stereocenters. The molecule has 2 aromatic heterocycles. The van der Waals surface area contributed by atoms with Crippen molar-refractivity contribution in [2.75, 3.05) is 31.2 Å². The zero-order chi connectivity index (χ0) is 24.6. The van der Waals surface area contributed by atoms with Crippen LogP contribution >= 0.6 is 0 Å². The number of hydrogen-bond donors (Lipinski definition) is 2. The first kappa shape index (κ1) is 22.8. The molecule has 2 N–H and O–H groups in total. The molecule has 8 nitrogen and oxygen atoms in total. The molecule has 2 aromatic carbocycles. The lowest BCUT2D eigenvalue weighted by Gasteiger charge is -2.23. The van der Waals surface area contributed by atoms with Crippen LogP contribution in [0.1, 0.15) is 53.2 Å². The van der Waals surface area contributed by atoms with Gasteiger partial charge in [-0.25, -0.2) is 0 Å². The lowest BCUT2D eigenvalue weighted by molar-refractivity contribution is 0.0675. The van der Waals surface area contributed by atoms with Gasteiger partial charge in [0.25, 0.3) is 11.5 Å². The van der Waals surface area contributed by atoms with Gasteiger partial charge in [0.1, 0.15) is 0 Å². The normalized spacial score (nSPS) is 16.8. The molecule has 2 saturated heterocycles. The van der Waals surface area contributed by atoms with Crippen molar-refractivity contribution >= 4 is 33.4 Å². The first-order valence-corrected chi connectivity index (χ1v) is 12.8. The molecule has 2 aliphatic heterocycles. The Balaban J connectivity index is 1.29. The van der Waals surface area contributed by atoms with E-state index in [9.17, 15) is 9.59 Å². The lowest BCUT2D eigenvalue weighted by atomic mass is 10.0. The number of amides is 1. The number of aromatic amines is 1. The molecular weight excluding hydrogens is 454 g/mol. The Labute approximate surface area is 209 Å². The lowest BCUT2D eigenvalue weighted by Crippen LogP contribution is -2.24. The maximum absolute atomic E-state index is 13.3. The van der Waals surface area contributed by atoms with Crippen LogP contribution in [0.25, 0.3) is 21.8 Å². The molecule has 4 aromatic rings. The summed E-state index contributed by atoms with van der Waals surface area (Å²) >= 11 is 0. The summed E-state index contributed by atoms with van der Waals surface area (Å²) in [6.45, 7) is 5.94. The third-order valence-corrected chi connectivity index (χ3v) is 7.55. The van der Waals surface area contributed by atoms with E-state index in [1.165, 1.54) is 18.5 Å². The first-order chi connectivity index (χ1) is 17.6. The molecule has 0 saturated carbocycles. The van der Waals surface area contributed by atoms with Crippen molar-refractivity contribution in [3.63, 3.8) is 0 Å². The fraction of sp³-hybridized carbons (Fsp3) is 0.393. The predicted octanol–water partition coefficient (Wildman–Crippen LogP) is 4.07. The zero-order valence-corrected chi connectivity index (χ0v) is 20.5. The van der Waals surface area contributed by atoms with Gasteiger partial charge in [0, 0.05) is 49.5 Å². The summed E-state index contributed by atoms with van der Waals surface area (Å²) < 4.78 is 7.47. The molecule has 0 aliphatic carbocycles. The maximum Gasteiger partial charge on any atom is 0.259 e. The Morgan fingerprint density at radius 1 is 1.11 bits per heavy atom. The number of carbonyl (C=O) groups is 1. The van der Waals surface area contributed by atoms with Crippen LogP contribution in [-0.2, 0) is 11.3 Å². The van der Waals surface area contributed by atoms with E-state index in [1.807, 2.05) is 23.7 Å². The molecule has 0 spiro atoms. The van der Waals surface area contributed by atoms with Gasteiger partial charge in [0.2, 0.25) is 0 Å². The number of H-pyrrole nitrogens is 1. The minimum absolute atomic E-state index is 0.130. The Bertz CT molecular complexity index is 1480. The van der Waals surface area contributed by atoms with Gasteiger partial charge in [-0.2, -0.15) is 5.10 Å². The highest BCUT2D eigenvalue weighted by Gasteiger charge is 2.22. The van der Waals surface area contributed by atoms with Crippen LogP contribution in [0.4, 0.5) is 5.69 Å². The zero-order valence-electron chi connectivity index (χ0n) is 20.5. The van der Waals surface area contributed by atoms with Gasteiger partial charge < -0.3 is 19.9 Å². The molecule has 36 heavy (non-hydrogen) atoms. The third kappa shape index (κ3) is 4.15. The van der Waals surface area contributed by atoms with Crippen LogP contribution in [-0.4, -0.2) is 47.0 Å². The van der Waals surface area contributed by atoms with Crippen molar-refractivity contribution in [3.8, 4) is 0 Å². The molecule has 0 radical (unpaired) electrons. The third-order valence-electron chi connectivity index (χ3n) is 7.55. The Morgan fingerprint density at radius 2 is 1.86 bits per heavy atom. The summed E-state index contributed by atoms with van der Waals surface area (Å²) in [6.07, 6.45) is 5.83. The number of hydrogen-bond acceptors (Lipinski definition) is 5. The second-order valence-electron chi connectivity index (χ2n) is 9.91. The Kier molecular flexibility index (Phi) is 5.97. The Morgan fingerprint density at radius 3 is 2.61 bits per heavy atom. The smallest absolute Gasteiger partial charge is 0.259 e. The summed E-state index contributed by atoms with van der Waals surface area (Å²) in [7, 11) is 0. The standard InChI is InChI=1S/C28H31N5O3/c1-18-14-25-23(26-24(28(35)31-25)17-30-33(26)21-8-12-36-13-9-21)15-22(18)27(34)29-16-19-4-6-20(7-5-19)32-10-2-3-11-32/h4-7,14-15,17,21H,2-3,8-13,16H2,1H3,(H,29,34)(H,31,35). The van der Waals surface area contributed by atoms with E-state index in [0.717, 1.165) is 48.0 Å². The van der Waals surface area contributed by atoms with E-state index < -0.39 is 0 Å². The average Bonchev–Trinajstić information content (AvgIpc) is 3.59. The number of nitrogens with one attached hydrogen (secondary N) is 2. The first-order valence-electron chi connectivity index (χ1n) is 12.8. The van der Waals surface area contributed by atoms with Crippen LogP contribution < -0.4 is 15.8 Å². The maximum atomic E-state index is 13.3. The van der Waals surface area contributed by atoms with E-state index in [0.29, 0.717) is 36.2 Å². The summed E-state index contributed by atoms with van der Waals surface area (Å²) in [5, 5.41) is 9.03. The molecule has 4 heterocycles. The SMILES string of the molecule is Cc1cc2[nH]c(=O)c3cnn(C4CCOCC4)c3c2cc1C(=O)NCc1ccc(N2CCCC2)cc1. The van der Waals surface area contributed by atoms with E-state index >= 15 is 0 Å². The fourth-order valence-corrected chi connectivity index (χ4v) is 5.52. The van der Waals surface area contributed by atoms with Gasteiger partial charge in [-0.1, -0.05) is 12.1 Å². The summed E-state index contributed by atoms with van der Waals surface area (Å²) in [4.78, 5) is 31.4. The van der Waals surface area contributed by atoms with E-state index in [1.54, 1.807) is 6.20 Å². The number of benzene rings is 2. The van der Waals surface area contributed by atoms with Gasteiger partial charge in [0.05, 0.1) is 28.7 Å². The number of aryl methyl sites for hydroxylation is 1. The molecule has 2 aliphatic rings. The molecule has 0 unspecified atom stereocenters. The minimum Gasteiger partial charge on any atom is -0.381 e. The topological polar surface area (TPSA) is 92.2 Å². The number of fused-ring (bicyclic) bond motifs is 3. The van der Waals surface area contributed by atoms with Crippen LogP contribution in [0.5, 0.6) is 0 Å². The van der Waals surface area contributed by atoms with E-state index in [2.05, 4.69) is 44.6 Å². The van der Waals surface area contributed by atoms with Crippen molar-refractivity contribution in [2.45, 2.75) is 45.2 Å². The summed E-state index contributed by atoms with van der Waals surface area (Å²) in [5.74, 6) is -0.130. The molecule has 186 valence electrons. The van der Waals surface area contributed by atoms with Crippen molar-refractivity contribution < 1.29 is 9.53 Å². The van der Waals surface area contributed by atoms with Gasteiger partial charge in [0.15, 0.2) is 0 Å². The van der Waals surface area contributed by atoms with Gasteiger partial charge in [-0.15, -0.1) is 0 Å². The number of rotatable bonds is 5. The van der Waals surface area contributed by atoms with Crippen LogP contribution in [0.3, 0.4) is 0 Å². The fourth-order valence-electron chi connectivity index (χ4n) is 5.52. The van der Waals surface area contributed by atoms with Crippen molar-refractivity contribution in [2.24, 2.45) is 0 Å². The molecule has 1 amide bonds. The van der Waals surface area contributed by atoms with E-state index in [-0.39, 0.29) is 17.5 Å². The number of nitrogens with zero attached hydrogens (tertiary/aromatic N) is 3. The summed E-state index contributed by atoms with van der Waals surface area (Å²) in [5.41, 5.74) is 5.06. The number of pyridine rings is 1. The quantitative estimate of drug-likeness (QED) is 0.445. The Hall–Kier alpha value is -3.65. The monoisotopic (exact) mass is 485 g/mol. The van der Waals surface area contributed by atoms with Crippen LogP contribution in [0, 0.1) is 6.92 Å². The molecular formula is C28H31N5O3. The second-order valence-corrected chi connectivity index (χ2v) is 9.91. The van der Waals surface area contributed by atoms with Crippen molar-refractivity contribution in [3.05, 3.63) is 69.6 Å². The number of carbonyl (C=O) groups excluding carboxylic acids is 1. The van der Waals surface area contributed by atoms with Gasteiger partial charge in [-0.3, -0.25) is 14.3 Å². The van der Waals surface area contributed by atoms with Gasteiger partial charge >= 0.3 is 0 Å². The largest absolute Gasteiger partial charge is 0.381 e. The molecule has 2 fully saturated rings. The molecule has 8 heteroatoms. The summed E-state index contributed by atoms with van der Waals surface area (Å²) in [6, 6.07) is 12.4. The van der Waals surface area contributed by atoms with Gasteiger partial charge in [-0.05, 0) is 68.0 Å². The molecule has 0 bridgehead atoms. The highest BCUT2D eigenvalue weighted by atomic mass is 16.5. The average molecular weight is 486 g/mol. The van der Waals surface area contributed by atoms with Crippen molar-refractivity contribution in [1.29, 1.82) is 0 Å². The number of ether oxygens (including phenoxy) is 1. The van der Waals surface area contributed by atoms with E-state index in [4.69, 9.17) is 4.74 Å². The highest BCUT2D eigenvalue weighted by molar-refractivity contribution is 6.07.